The first kappa shape index (κ1) is 19.3. The van der Waals surface area contributed by atoms with Crippen molar-refractivity contribution in [3.63, 3.8) is 0 Å². The summed E-state index contributed by atoms with van der Waals surface area (Å²) < 4.78 is 42.9. The maximum Gasteiger partial charge on any atom is 0.305 e. The Hall–Kier alpha value is -1.45. The van der Waals surface area contributed by atoms with Crippen LogP contribution in [0.25, 0.3) is 0 Å². The zero-order valence-corrected chi connectivity index (χ0v) is 15.5. The van der Waals surface area contributed by atoms with Crippen molar-refractivity contribution in [3.8, 4) is 5.75 Å². The Kier molecular flexibility index (Phi) is 6.66. The molecule has 0 bridgehead atoms. The van der Waals surface area contributed by atoms with E-state index < -0.39 is 11.9 Å². The highest BCUT2D eigenvalue weighted by Crippen LogP contribution is 2.44. The highest BCUT2D eigenvalue weighted by molar-refractivity contribution is 5.32. The normalized spacial score (nSPS) is 29.2. The highest BCUT2D eigenvalue weighted by Gasteiger charge is 2.31. The van der Waals surface area contributed by atoms with Gasteiger partial charge in [0.25, 0.3) is 0 Å². The molecule has 1 aromatic carbocycles. The molecular weight excluding hydrogens is 337 g/mol. The quantitative estimate of drug-likeness (QED) is 0.492. The van der Waals surface area contributed by atoms with Crippen LogP contribution in [0, 0.1) is 23.6 Å². The Labute approximate surface area is 154 Å². The van der Waals surface area contributed by atoms with Gasteiger partial charge >= 0.3 is 6.08 Å². The van der Waals surface area contributed by atoms with Crippen LogP contribution in [0.1, 0.15) is 76.2 Å². The molecule has 0 aromatic heterocycles. The lowest BCUT2D eigenvalue weighted by atomic mass is 9.68. The van der Waals surface area contributed by atoms with Crippen molar-refractivity contribution >= 4 is 0 Å². The summed E-state index contributed by atoms with van der Waals surface area (Å²) in [4.78, 5) is 0. The van der Waals surface area contributed by atoms with E-state index in [9.17, 15) is 13.2 Å². The van der Waals surface area contributed by atoms with Crippen LogP contribution in [0.2, 0.25) is 0 Å². The van der Waals surface area contributed by atoms with E-state index in [-0.39, 0.29) is 12.0 Å². The van der Waals surface area contributed by atoms with Crippen molar-refractivity contribution in [1.82, 2.24) is 0 Å². The molecule has 2 aliphatic carbocycles. The second-order valence-electron chi connectivity index (χ2n) is 8.02. The van der Waals surface area contributed by atoms with Crippen molar-refractivity contribution < 1.29 is 17.9 Å². The highest BCUT2D eigenvalue weighted by atomic mass is 19.3. The van der Waals surface area contributed by atoms with E-state index in [4.69, 9.17) is 0 Å². The van der Waals surface area contributed by atoms with Gasteiger partial charge in [-0.25, -0.2) is 4.39 Å². The maximum atomic E-state index is 14.1. The lowest BCUT2D eigenvalue weighted by Gasteiger charge is -2.38. The Balaban J connectivity index is 1.53. The molecule has 2 fully saturated rings. The minimum atomic E-state index is -1.97. The van der Waals surface area contributed by atoms with Gasteiger partial charge in [0, 0.05) is 0 Å². The van der Waals surface area contributed by atoms with Crippen LogP contribution in [0.4, 0.5) is 13.2 Å². The van der Waals surface area contributed by atoms with E-state index in [0.29, 0.717) is 5.92 Å². The summed E-state index contributed by atoms with van der Waals surface area (Å²) in [5.41, 5.74) is 0.965. The van der Waals surface area contributed by atoms with Crippen LogP contribution in [0.15, 0.2) is 30.5 Å². The molecule has 1 nitrogen and oxygen atoms in total. The fourth-order valence-corrected chi connectivity index (χ4v) is 4.97. The number of rotatable bonds is 5. The molecule has 0 radical (unpaired) electrons. The molecule has 144 valence electrons. The fourth-order valence-electron chi connectivity index (χ4n) is 4.97. The topological polar surface area (TPSA) is 9.23 Å². The molecule has 0 amide bonds. The maximum absolute atomic E-state index is 14.1. The zero-order chi connectivity index (χ0) is 18.5. The molecular formula is C22H29F3O. The van der Waals surface area contributed by atoms with E-state index >= 15 is 0 Å². The van der Waals surface area contributed by atoms with Crippen LogP contribution in [0.3, 0.4) is 0 Å². The molecule has 0 unspecified atom stereocenters. The summed E-state index contributed by atoms with van der Waals surface area (Å²) >= 11 is 0. The standard InChI is InChI=1S/C22H29F3O/c1-2-15-3-5-16(6-4-15)17-7-9-18(10-8-17)19-11-12-21(20(23)13-19)26-14-22(24)25/h11-18H,2-10H2,1H3. The summed E-state index contributed by atoms with van der Waals surface area (Å²) in [6.45, 7) is 2.30. The largest absolute Gasteiger partial charge is 0.456 e. The van der Waals surface area contributed by atoms with Gasteiger partial charge in [0.1, 0.15) is 0 Å². The average Bonchev–Trinajstić information content (AvgIpc) is 2.67. The van der Waals surface area contributed by atoms with Crippen molar-refractivity contribution in [2.75, 3.05) is 0 Å². The van der Waals surface area contributed by atoms with Gasteiger partial charge in [-0.2, -0.15) is 8.78 Å². The minimum absolute atomic E-state index is 0.150. The van der Waals surface area contributed by atoms with Gasteiger partial charge in [-0.1, -0.05) is 32.3 Å². The van der Waals surface area contributed by atoms with E-state index in [1.54, 1.807) is 0 Å². The molecule has 3 rings (SSSR count). The van der Waals surface area contributed by atoms with Crippen LogP contribution in [-0.4, -0.2) is 0 Å². The van der Waals surface area contributed by atoms with Crippen molar-refractivity contribution in [2.45, 2.75) is 70.6 Å². The van der Waals surface area contributed by atoms with Crippen LogP contribution in [0.5, 0.6) is 5.75 Å². The first-order valence-electron chi connectivity index (χ1n) is 10.0. The summed E-state index contributed by atoms with van der Waals surface area (Å²) in [5.74, 6) is 2.30. The van der Waals surface area contributed by atoms with Gasteiger partial charge in [-0.05, 0) is 79.9 Å². The fraction of sp³-hybridized carbons (Fsp3) is 0.636. The molecule has 0 atom stereocenters. The van der Waals surface area contributed by atoms with Gasteiger partial charge in [0.05, 0.1) is 0 Å². The predicted molar refractivity (Wildman–Crippen MR) is 97.8 cm³/mol. The van der Waals surface area contributed by atoms with Gasteiger partial charge in [0.2, 0.25) is 0 Å². The Morgan fingerprint density at radius 2 is 1.62 bits per heavy atom. The number of hydrogen-bond donors (Lipinski definition) is 0. The van der Waals surface area contributed by atoms with Crippen molar-refractivity contribution in [3.05, 3.63) is 41.9 Å². The molecule has 2 saturated carbocycles. The summed E-state index contributed by atoms with van der Waals surface area (Å²) in [6, 6.07) is 4.73. The van der Waals surface area contributed by atoms with Gasteiger partial charge in [-0.3, -0.25) is 0 Å². The lowest BCUT2D eigenvalue weighted by Crippen LogP contribution is -2.25. The van der Waals surface area contributed by atoms with Crippen molar-refractivity contribution in [1.29, 1.82) is 0 Å². The molecule has 1 aromatic rings. The molecule has 0 spiro atoms. The molecule has 0 saturated heterocycles. The van der Waals surface area contributed by atoms with E-state index in [1.807, 2.05) is 6.07 Å². The van der Waals surface area contributed by atoms with E-state index in [1.165, 1.54) is 57.1 Å². The SMILES string of the molecule is CCC1CCC(C2CCC(c3ccc(OC=C(F)F)c(F)c3)CC2)CC1. The number of benzene rings is 1. The molecule has 0 aliphatic heterocycles. The Morgan fingerprint density at radius 3 is 2.15 bits per heavy atom. The van der Waals surface area contributed by atoms with Crippen molar-refractivity contribution in [2.24, 2.45) is 17.8 Å². The molecule has 0 heterocycles. The third-order valence-electron chi connectivity index (χ3n) is 6.61. The summed E-state index contributed by atoms with van der Waals surface area (Å²) in [5, 5.41) is 0. The minimum Gasteiger partial charge on any atom is -0.456 e. The summed E-state index contributed by atoms with van der Waals surface area (Å²) in [6.07, 6.45) is 9.80. The van der Waals surface area contributed by atoms with Gasteiger partial charge in [-0.15, -0.1) is 0 Å². The molecule has 4 heteroatoms. The first-order chi connectivity index (χ1) is 12.6. The van der Waals surface area contributed by atoms with E-state index in [0.717, 1.165) is 36.2 Å². The van der Waals surface area contributed by atoms with E-state index in [2.05, 4.69) is 11.7 Å². The monoisotopic (exact) mass is 366 g/mol. The second-order valence-corrected chi connectivity index (χ2v) is 8.02. The zero-order valence-electron chi connectivity index (χ0n) is 15.5. The van der Waals surface area contributed by atoms with Crippen LogP contribution >= 0.6 is 0 Å². The first-order valence-corrected chi connectivity index (χ1v) is 10.0. The smallest absolute Gasteiger partial charge is 0.305 e. The lowest BCUT2D eigenvalue weighted by molar-refractivity contribution is 0.158. The number of ether oxygens (including phenoxy) is 1. The number of halogens is 3. The number of hydrogen-bond acceptors (Lipinski definition) is 1. The predicted octanol–water partition coefficient (Wildman–Crippen LogP) is 7.43. The third-order valence-corrected chi connectivity index (χ3v) is 6.61. The molecule has 0 N–H and O–H groups in total. The average molecular weight is 366 g/mol. The Morgan fingerprint density at radius 1 is 1.00 bits per heavy atom. The van der Waals surface area contributed by atoms with Crippen LogP contribution < -0.4 is 4.74 Å². The molecule has 2 aliphatic rings. The Bertz CT molecular complexity index is 608. The van der Waals surface area contributed by atoms with Gasteiger partial charge in [0.15, 0.2) is 17.8 Å². The summed E-state index contributed by atoms with van der Waals surface area (Å²) in [7, 11) is 0. The molecule has 26 heavy (non-hydrogen) atoms. The third kappa shape index (κ3) is 4.83. The van der Waals surface area contributed by atoms with Crippen LogP contribution in [-0.2, 0) is 0 Å². The van der Waals surface area contributed by atoms with Gasteiger partial charge < -0.3 is 4.74 Å². The second kappa shape index (κ2) is 8.96.